The maximum atomic E-state index is 4.36. The van der Waals surface area contributed by atoms with E-state index in [1.165, 1.54) is 4.88 Å². The number of hydrogen-bond acceptors (Lipinski definition) is 3. The molecule has 84 valence electrons. The summed E-state index contributed by atoms with van der Waals surface area (Å²) in [6, 6.07) is 10.4. The summed E-state index contributed by atoms with van der Waals surface area (Å²) in [5.41, 5.74) is 1.14. The molecule has 0 bridgehead atoms. The molecule has 0 spiro atoms. The van der Waals surface area contributed by atoms with Gasteiger partial charge in [-0.25, -0.2) is 0 Å². The predicted octanol–water partition coefficient (Wildman–Crippen LogP) is 3.17. The van der Waals surface area contributed by atoms with Gasteiger partial charge in [-0.15, -0.1) is 11.3 Å². The highest BCUT2D eigenvalue weighted by atomic mass is 32.1. The Bertz CT molecular complexity index is 397. The lowest BCUT2D eigenvalue weighted by Gasteiger charge is -2.18. The molecule has 2 aromatic rings. The van der Waals surface area contributed by atoms with Crippen LogP contribution in [0.25, 0.3) is 0 Å². The SMILES string of the molecule is CCN(Cc1ccccn1)Cc1cccs1. The lowest BCUT2D eigenvalue weighted by Crippen LogP contribution is -2.22. The summed E-state index contributed by atoms with van der Waals surface area (Å²) in [5, 5.41) is 2.13. The molecule has 3 heteroatoms. The second-order valence-electron chi connectivity index (χ2n) is 3.70. The predicted molar refractivity (Wildman–Crippen MR) is 68.3 cm³/mol. The average Bonchev–Trinajstić information content (AvgIpc) is 2.82. The summed E-state index contributed by atoms with van der Waals surface area (Å²) in [4.78, 5) is 8.17. The van der Waals surface area contributed by atoms with Crippen LogP contribution < -0.4 is 0 Å². The molecule has 0 saturated heterocycles. The van der Waals surface area contributed by atoms with E-state index in [-0.39, 0.29) is 0 Å². The Morgan fingerprint density at radius 2 is 2.12 bits per heavy atom. The minimum atomic E-state index is 0.926. The first-order chi connectivity index (χ1) is 7.88. The summed E-state index contributed by atoms with van der Waals surface area (Å²) in [6.45, 7) is 5.19. The van der Waals surface area contributed by atoms with Crippen molar-refractivity contribution < 1.29 is 0 Å². The lowest BCUT2D eigenvalue weighted by atomic mass is 10.3. The van der Waals surface area contributed by atoms with E-state index >= 15 is 0 Å². The van der Waals surface area contributed by atoms with Crippen molar-refractivity contribution in [1.82, 2.24) is 9.88 Å². The Balaban J connectivity index is 1.96. The van der Waals surface area contributed by atoms with Crippen molar-refractivity contribution in [2.75, 3.05) is 6.54 Å². The van der Waals surface area contributed by atoms with Gasteiger partial charge in [0.2, 0.25) is 0 Å². The maximum absolute atomic E-state index is 4.36. The topological polar surface area (TPSA) is 16.1 Å². The van der Waals surface area contributed by atoms with Gasteiger partial charge in [0.05, 0.1) is 5.69 Å². The molecule has 0 radical (unpaired) electrons. The molecule has 2 rings (SSSR count). The lowest BCUT2D eigenvalue weighted by molar-refractivity contribution is 0.270. The molecule has 0 saturated carbocycles. The van der Waals surface area contributed by atoms with Crippen LogP contribution in [0.15, 0.2) is 41.9 Å². The molecule has 2 heterocycles. The van der Waals surface area contributed by atoms with E-state index < -0.39 is 0 Å². The second-order valence-corrected chi connectivity index (χ2v) is 4.74. The first-order valence-electron chi connectivity index (χ1n) is 5.53. The summed E-state index contributed by atoms with van der Waals surface area (Å²) in [7, 11) is 0. The number of rotatable bonds is 5. The number of hydrogen-bond donors (Lipinski definition) is 0. The van der Waals surface area contributed by atoms with E-state index in [9.17, 15) is 0 Å². The Hall–Kier alpha value is -1.19. The third-order valence-electron chi connectivity index (χ3n) is 2.52. The fourth-order valence-corrected chi connectivity index (χ4v) is 2.37. The number of nitrogens with zero attached hydrogens (tertiary/aromatic N) is 2. The van der Waals surface area contributed by atoms with Crippen LogP contribution in [0.1, 0.15) is 17.5 Å². The zero-order valence-electron chi connectivity index (χ0n) is 9.47. The van der Waals surface area contributed by atoms with E-state index in [0.717, 1.165) is 25.3 Å². The van der Waals surface area contributed by atoms with Gasteiger partial charge in [-0.3, -0.25) is 9.88 Å². The van der Waals surface area contributed by atoms with E-state index in [1.54, 1.807) is 0 Å². The van der Waals surface area contributed by atoms with Crippen molar-refractivity contribution in [2.45, 2.75) is 20.0 Å². The van der Waals surface area contributed by atoms with Crippen molar-refractivity contribution in [1.29, 1.82) is 0 Å². The van der Waals surface area contributed by atoms with Crippen LogP contribution in [0.3, 0.4) is 0 Å². The fourth-order valence-electron chi connectivity index (χ4n) is 1.62. The summed E-state index contributed by atoms with van der Waals surface area (Å²) in [5.74, 6) is 0. The van der Waals surface area contributed by atoms with Gasteiger partial charge in [0, 0.05) is 24.2 Å². The molecule has 2 nitrogen and oxygen atoms in total. The van der Waals surface area contributed by atoms with Crippen LogP contribution in [-0.2, 0) is 13.1 Å². The number of aromatic nitrogens is 1. The van der Waals surface area contributed by atoms with Crippen molar-refractivity contribution in [3.8, 4) is 0 Å². The third-order valence-corrected chi connectivity index (χ3v) is 3.38. The van der Waals surface area contributed by atoms with Crippen LogP contribution in [0, 0.1) is 0 Å². The van der Waals surface area contributed by atoms with Gasteiger partial charge in [0.15, 0.2) is 0 Å². The molecular formula is C13H16N2S. The van der Waals surface area contributed by atoms with Gasteiger partial charge in [0.1, 0.15) is 0 Å². The maximum Gasteiger partial charge on any atom is 0.0544 e. The van der Waals surface area contributed by atoms with E-state index in [4.69, 9.17) is 0 Å². The minimum Gasteiger partial charge on any atom is -0.293 e. The molecule has 0 aliphatic rings. The van der Waals surface area contributed by atoms with E-state index in [1.807, 2.05) is 29.7 Å². The Labute approximate surface area is 101 Å². The van der Waals surface area contributed by atoms with Crippen LogP contribution in [0.2, 0.25) is 0 Å². The first kappa shape index (κ1) is 11.3. The molecule has 0 atom stereocenters. The summed E-state index contributed by atoms with van der Waals surface area (Å²) in [6.07, 6.45) is 1.86. The van der Waals surface area contributed by atoms with Crippen LogP contribution in [-0.4, -0.2) is 16.4 Å². The van der Waals surface area contributed by atoms with Gasteiger partial charge in [-0.05, 0) is 30.1 Å². The number of pyridine rings is 1. The summed E-state index contributed by atoms with van der Waals surface area (Å²) >= 11 is 1.82. The highest BCUT2D eigenvalue weighted by Gasteiger charge is 2.05. The van der Waals surface area contributed by atoms with Gasteiger partial charge in [-0.1, -0.05) is 19.1 Å². The van der Waals surface area contributed by atoms with Crippen LogP contribution in [0.5, 0.6) is 0 Å². The molecule has 0 N–H and O–H groups in total. The molecule has 16 heavy (non-hydrogen) atoms. The van der Waals surface area contributed by atoms with Crippen molar-refractivity contribution in [3.63, 3.8) is 0 Å². The van der Waals surface area contributed by atoms with E-state index in [0.29, 0.717) is 0 Å². The molecule has 0 aromatic carbocycles. The molecule has 0 unspecified atom stereocenters. The monoisotopic (exact) mass is 232 g/mol. The average molecular weight is 232 g/mol. The smallest absolute Gasteiger partial charge is 0.0544 e. The van der Waals surface area contributed by atoms with Gasteiger partial charge >= 0.3 is 0 Å². The van der Waals surface area contributed by atoms with Gasteiger partial charge in [0.25, 0.3) is 0 Å². The molecule has 2 aromatic heterocycles. The molecule has 0 aliphatic carbocycles. The van der Waals surface area contributed by atoms with Crippen molar-refractivity contribution >= 4 is 11.3 Å². The fraction of sp³-hybridized carbons (Fsp3) is 0.308. The zero-order valence-corrected chi connectivity index (χ0v) is 10.3. The quantitative estimate of drug-likeness (QED) is 0.787. The number of thiophene rings is 1. The second kappa shape index (κ2) is 5.77. The van der Waals surface area contributed by atoms with Gasteiger partial charge in [-0.2, -0.15) is 0 Å². The Morgan fingerprint density at radius 3 is 2.75 bits per heavy atom. The van der Waals surface area contributed by atoms with Crippen LogP contribution in [0.4, 0.5) is 0 Å². The third kappa shape index (κ3) is 3.15. The molecule has 0 fully saturated rings. The standard InChI is InChI=1S/C13H16N2S/c1-2-15(11-13-7-5-9-16-13)10-12-6-3-4-8-14-12/h3-9H,2,10-11H2,1H3. The van der Waals surface area contributed by atoms with Crippen molar-refractivity contribution in [2.24, 2.45) is 0 Å². The molecule has 0 aliphatic heterocycles. The normalized spacial score (nSPS) is 10.9. The largest absolute Gasteiger partial charge is 0.293 e. The Kier molecular flexibility index (Phi) is 4.08. The molecule has 0 amide bonds. The zero-order chi connectivity index (χ0) is 11.2. The van der Waals surface area contributed by atoms with Crippen LogP contribution >= 0.6 is 11.3 Å². The van der Waals surface area contributed by atoms with E-state index in [2.05, 4.69) is 40.4 Å². The van der Waals surface area contributed by atoms with Gasteiger partial charge < -0.3 is 0 Å². The Morgan fingerprint density at radius 1 is 1.19 bits per heavy atom. The minimum absolute atomic E-state index is 0.926. The first-order valence-corrected chi connectivity index (χ1v) is 6.41. The summed E-state index contributed by atoms with van der Waals surface area (Å²) < 4.78 is 0. The highest BCUT2D eigenvalue weighted by Crippen LogP contribution is 2.13. The highest BCUT2D eigenvalue weighted by molar-refractivity contribution is 7.09. The van der Waals surface area contributed by atoms with Crippen molar-refractivity contribution in [3.05, 3.63) is 52.5 Å². The molecular weight excluding hydrogens is 216 g/mol.